The van der Waals surface area contributed by atoms with E-state index in [1.807, 2.05) is 45.0 Å². The van der Waals surface area contributed by atoms with Gasteiger partial charge in [-0.15, -0.1) is 0 Å². The molecule has 0 amide bonds. The van der Waals surface area contributed by atoms with Gasteiger partial charge in [0.05, 0.1) is 6.61 Å². The van der Waals surface area contributed by atoms with Crippen molar-refractivity contribution in [1.29, 1.82) is 0 Å². The minimum Gasteiger partial charge on any atom is -0.494 e. The lowest BCUT2D eigenvalue weighted by atomic mass is 9.91. The molecule has 0 aromatic heterocycles. The first-order chi connectivity index (χ1) is 8.93. The van der Waals surface area contributed by atoms with E-state index in [2.05, 4.69) is 12.2 Å². The maximum absolute atomic E-state index is 11.7. The lowest BCUT2D eigenvalue weighted by Crippen LogP contribution is -2.17. The standard InChI is InChI=1S/C16H23NO2/c1-5-12-19-14-8-6-13(7-9-14)17-11-10-15(18)16(2,3)4/h6-11,17H,5,12H2,1-4H3/b11-10+. The third kappa shape index (κ3) is 5.60. The Balaban J connectivity index is 2.50. The predicted octanol–water partition coefficient (Wildman–Crippen LogP) is 4.02. The summed E-state index contributed by atoms with van der Waals surface area (Å²) in [5, 5.41) is 3.07. The summed E-state index contributed by atoms with van der Waals surface area (Å²) in [6, 6.07) is 7.68. The zero-order valence-electron chi connectivity index (χ0n) is 12.2. The fourth-order valence-electron chi connectivity index (χ4n) is 1.33. The van der Waals surface area contributed by atoms with E-state index in [4.69, 9.17) is 4.74 Å². The van der Waals surface area contributed by atoms with Crippen molar-refractivity contribution in [3.63, 3.8) is 0 Å². The molecule has 0 spiro atoms. The highest BCUT2D eigenvalue weighted by Gasteiger charge is 2.17. The van der Waals surface area contributed by atoms with Crippen LogP contribution in [0.2, 0.25) is 0 Å². The maximum atomic E-state index is 11.7. The Labute approximate surface area is 115 Å². The average Bonchev–Trinajstić information content (AvgIpc) is 2.36. The van der Waals surface area contributed by atoms with Crippen molar-refractivity contribution in [2.24, 2.45) is 5.41 Å². The number of hydrogen-bond acceptors (Lipinski definition) is 3. The summed E-state index contributed by atoms with van der Waals surface area (Å²) >= 11 is 0. The monoisotopic (exact) mass is 261 g/mol. The van der Waals surface area contributed by atoms with E-state index in [-0.39, 0.29) is 11.2 Å². The summed E-state index contributed by atoms with van der Waals surface area (Å²) in [6.07, 6.45) is 4.24. The van der Waals surface area contributed by atoms with Crippen molar-refractivity contribution >= 4 is 11.5 Å². The lowest BCUT2D eigenvalue weighted by molar-refractivity contribution is -0.121. The third-order valence-corrected chi connectivity index (χ3v) is 2.55. The van der Waals surface area contributed by atoms with Gasteiger partial charge in [0.25, 0.3) is 0 Å². The van der Waals surface area contributed by atoms with Crippen LogP contribution in [0.5, 0.6) is 5.75 Å². The van der Waals surface area contributed by atoms with E-state index in [1.54, 1.807) is 12.3 Å². The van der Waals surface area contributed by atoms with Gasteiger partial charge in [0.2, 0.25) is 0 Å². The fraction of sp³-hybridized carbons (Fsp3) is 0.438. The van der Waals surface area contributed by atoms with Gasteiger partial charge in [-0.1, -0.05) is 27.7 Å². The quantitative estimate of drug-likeness (QED) is 0.786. The van der Waals surface area contributed by atoms with E-state index >= 15 is 0 Å². The molecule has 104 valence electrons. The molecule has 0 radical (unpaired) electrons. The molecular weight excluding hydrogens is 238 g/mol. The molecule has 3 heteroatoms. The largest absolute Gasteiger partial charge is 0.494 e. The van der Waals surface area contributed by atoms with E-state index in [0.717, 1.165) is 24.5 Å². The van der Waals surface area contributed by atoms with Crippen LogP contribution in [-0.2, 0) is 4.79 Å². The summed E-state index contributed by atoms with van der Waals surface area (Å²) in [6.45, 7) is 8.51. The van der Waals surface area contributed by atoms with Crippen LogP contribution < -0.4 is 10.1 Å². The molecule has 19 heavy (non-hydrogen) atoms. The zero-order chi connectivity index (χ0) is 14.3. The topological polar surface area (TPSA) is 38.3 Å². The highest BCUT2D eigenvalue weighted by atomic mass is 16.5. The van der Waals surface area contributed by atoms with Crippen molar-refractivity contribution in [2.75, 3.05) is 11.9 Å². The van der Waals surface area contributed by atoms with Gasteiger partial charge in [0.15, 0.2) is 5.78 Å². The van der Waals surface area contributed by atoms with Crippen LogP contribution in [0, 0.1) is 5.41 Å². The Kier molecular flexibility index (Phi) is 5.61. The summed E-state index contributed by atoms with van der Waals surface area (Å²) in [7, 11) is 0. The molecule has 0 bridgehead atoms. The van der Waals surface area contributed by atoms with Gasteiger partial charge in [-0.2, -0.15) is 0 Å². The molecule has 0 aliphatic rings. The first-order valence-corrected chi connectivity index (χ1v) is 6.64. The molecule has 0 unspecified atom stereocenters. The number of hydrogen-bond donors (Lipinski definition) is 1. The normalized spacial score (nSPS) is 11.6. The van der Waals surface area contributed by atoms with E-state index in [9.17, 15) is 4.79 Å². The Hall–Kier alpha value is -1.77. The summed E-state index contributed by atoms with van der Waals surface area (Å²) in [4.78, 5) is 11.7. The highest BCUT2D eigenvalue weighted by molar-refractivity contribution is 5.94. The number of benzene rings is 1. The van der Waals surface area contributed by atoms with Crippen LogP contribution in [0.1, 0.15) is 34.1 Å². The average molecular weight is 261 g/mol. The van der Waals surface area contributed by atoms with Crippen molar-refractivity contribution < 1.29 is 9.53 Å². The molecular formula is C16H23NO2. The number of rotatable bonds is 6. The Morgan fingerprint density at radius 2 is 1.89 bits per heavy atom. The predicted molar refractivity (Wildman–Crippen MR) is 79.5 cm³/mol. The van der Waals surface area contributed by atoms with E-state index in [0.29, 0.717) is 0 Å². The lowest BCUT2D eigenvalue weighted by Gasteiger charge is -2.13. The second-order valence-corrected chi connectivity index (χ2v) is 5.46. The zero-order valence-corrected chi connectivity index (χ0v) is 12.2. The number of ketones is 1. The van der Waals surface area contributed by atoms with Gasteiger partial charge < -0.3 is 10.1 Å². The first-order valence-electron chi connectivity index (χ1n) is 6.64. The van der Waals surface area contributed by atoms with Crippen molar-refractivity contribution in [2.45, 2.75) is 34.1 Å². The molecule has 0 aliphatic heterocycles. The summed E-state index contributed by atoms with van der Waals surface area (Å²) in [5.74, 6) is 0.963. The molecule has 1 N–H and O–H groups in total. The minimum absolute atomic E-state index is 0.0999. The van der Waals surface area contributed by atoms with Crippen LogP contribution in [0.25, 0.3) is 0 Å². The summed E-state index contributed by atoms with van der Waals surface area (Å²) in [5.41, 5.74) is 0.595. The SMILES string of the molecule is CCCOc1ccc(N/C=C/C(=O)C(C)(C)C)cc1. The number of carbonyl (C=O) groups excluding carboxylic acids is 1. The van der Waals surface area contributed by atoms with Gasteiger partial charge in [-0.05, 0) is 36.8 Å². The molecule has 0 fully saturated rings. The molecule has 0 saturated heterocycles. The van der Waals surface area contributed by atoms with Crippen molar-refractivity contribution in [3.8, 4) is 5.75 Å². The maximum Gasteiger partial charge on any atom is 0.162 e. The third-order valence-electron chi connectivity index (χ3n) is 2.55. The Morgan fingerprint density at radius 3 is 2.42 bits per heavy atom. The van der Waals surface area contributed by atoms with Gasteiger partial charge in [-0.25, -0.2) is 0 Å². The van der Waals surface area contributed by atoms with Crippen LogP contribution >= 0.6 is 0 Å². The number of anilines is 1. The molecule has 1 aromatic carbocycles. The molecule has 0 heterocycles. The van der Waals surface area contributed by atoms with Gasteiger partial charge in [0.1, 0.15) is 5.75 Å². The molecule has 0 saturated carbocycles. The van der Waals surface area contributed by atoms with Gasteiger partial charge >= 0.3 is 0 Å². The minimum atomic E-state index is -0.337. The second-order valence-electron chi connectivity index (χ2n) is 5.46. The van der Waals surface area contributed by atoms with Gasteiger partial charge in [-0.3, -0.25) is 4.79 Å². The Morgan fingerprint density at radius 1 is 1.26 bits per heavy atom. The van der Waals surface area contributed by atoms with Crippen molar-refractivity contribution in [1.82, 2.24) is 0 Å². The first kappa shape index (κ1) is 15.3. The van der Waals surface area contributed by atoms with Crippen LogP contribution in [0.15, 0.2) is 36.5 Å². The summed E-state index contributed by atoms with van der Waals surface area (Å²) < 4.78 is 5.50. The van der Waals surface area contributed by atoms with Gasteiger partial charge in [0, 0.05) is 17.3 Å². The van der Waals surface area contributed by atoms with Crippen molar-refractivity contribution in [3.05, 3.63) is 36.5 Å². The highest BCUT2D eigenvalue weighted by Crippen LogP contribution is 2.17. The molecule has 1 aromatic rings. The molecule has 3 nitrogen and oxygen atoms in total. The van der Waals surface area contributed by atoms with Crippen LogP contribution in [0.3, 0.4) is 0 Å². The number of ether oxygens (including phenoxy) is 1. The van der Waals surface area contributed by atoms with Crippen LogP contribution in [0.4, 0.5) is 5.69 Å². The second kappa shape index (κ2) is 6.98. The molecule has 1 rings (SSSR count). The molecule has 0 aliphatic carbocycles. The molecule has 0 atom stereocenters. The van der Waals surface area contributed by atoms with Crippen LogP contribution in [-0.4, -0.2) is 12.4 Å². The smallest absolute Gasteiger partial charge is 0.162 e. The number of carbonyl (C=O) groups is 1. The number of allylic oxidation sites excluding steroid dienone is 1. The Bertz CT molecular complexity index is 427. The fourth-order valence-corrected chi connectivity index (χ4v) is 1.33. The van der Waals surface area contributed by atoms with E-state index < -0.39 is 0 Å². The van der Waals surface area contributed by atoms with E-state index in [1.165, 1.54) is 0 Å². The number of nitrogens with one attached hydrogen (secondary N) is 1.